The number of urea groups is 1. The third kappa shape index (κ3) is 4.45. The van der Waals surface area contributed by atoms with Crippen molar-refractivity contribution in [2.45, 2.75) is 53.1 Å². The first-order valence-corrected chi connectivity index (χ1v) is 11.6. The lowest BCUT2D eigenvalue weighted by Crippen LogP contribution is -2.52. The summed E-state index contributed by atoms with van der Waals surface area (Å²) < 4.78 is 6.02. The zero-order valence-electron chi connectivity index (χ0n) is 19.5. The Bertz CT molecular complexity index is 988. The van der Waals surface area contributed by atoms with Crippen molar-refractivity contribution in [2.24, 2.45) is 5.92 Å². The van der Waals surface area contributed by atoms with Crippen LogP contribution in [0.2, 0.25) is 0 Å². The molecule has 0 saturated carbocycles. The average molecular weight is 436 g/mol. The van der Waals surface area contributed by atoms with Crippen LogP contribution in [0.4, 0.5) is 16.2 Å². The number of para-hydroxylation sites is 2. The molecule has 2 aliphatic rings. The van der Waals surface area contributed by atoms with E-state index in [0.29, 0.717) is 32.5 Å². The lowest BCUT2D eigenvalue weighted by Gasteiger charge is -2.39. The van der Waals surface area contributed by atoms with Crippen LogP contribution in [0.3, 0.4) is 0 Å². The summed E-state index contributed by atoms with van der Waals surface area (Å²) in [6.07, 6.45) is 2.19. The van der Waals surface area contributed by atoms with Crippen molar-refractivity contribution >= 4 is 23.3 Å². The highest BCUT2D eigenvalue weighted by Crippen LogP contribution is 2.35. The number of hydrogen-bond acceptors (Lipinski definition) is 3. The Morgan fingerprint density at radius 3 is 2.38 bits per heavy atom. The van der Waals surface area contributed by atoms with Gasteiger partial charge in [-0.15, -0.1) is 0 Å². The Balaban J connectivity index is 1.40. The first kappa shape index (κ1) is 22.2. The van der Waals surface area contributed by atoms with Gasteiger partial charge in [0.2, 0.25) is 5.91 Å². The van der Waals surface area contributed by atoms with Gasteiger partial charge >= 0.3 is 6.03 Å². The molecule has 0 bridgehead atoms. The summed E-state index contributed by atoms with van der Waals surface area (Å²) in [6, 6.07) is 11.9. The molecule has 0 aliphatic carbocycles. The molecule has 32 heavy (non-hydrogen) atoms. The van der Waals surface area contributed by atoms with Gasteiger partial charge in [0.25, 0.3) is 0 Å². The van der Waals surface area contributed by atoms with Crippen LogP contribution in [0.15, 0.2) is 36.4 Å². The standard InChI is InChI=1S/C26H33N3O3/c1-5-21-16-29(22-8-6-7-9-23(22)32-21)26(31)28-12-10-20(11-13-28)25(30)27-24-18(3)14-17(2)15-19(24)4/h6-9,14-15,20-21H,5,10-13,16H2,1-4H3,(H,27,30). The first-order chi connectivity index (χ1) is 15.4. The predicted molar refractivity (Wildman–Crippen MR) is 127 cm³/mol. The highest BCUT2D eigenvalue weighted by Gasteiger charge is 2.34. The summed E-state index contributed by atoms with van der Waals surface area (Å²) in [5, 5.41) is 3.14. The maximum atomic E-state index is 13.4. The number of amides is 3. The fourth-order valence-corrected chi connectivity index (χ4v) is 4.80. The van der Waals surface area contributed by atoms with Crippen LogP contribution in [-0.2, 0) is 4.79 Å². The number of carbonyl (C=O) groups is 2. The first-order valence-electron chi connectivity index (χ1n) is 11.6. The number of nitrogens with one attached hydrogen (secondary N) is 1. The van der Waals surface area contributed by atoms with Crippen LogP contribution >= 0.6 is 0 Å². The molecule has 1 unspecified atom stereocenters. The molecule has 6 heteroatoms. The van der Waals surface area contributed by atoms with E-state index in [2.05, 4.69) is 31.3 Å². The van der Waals surface area contributed by atoms with E-state index in [-0.39, 0.29) is 24.0 Å². The van der Waals surface area contributed by atoms with Crippen molar-refractivity contribution in [1.29, 1.82) is 0 Å². The predicted octanol–water partition coefficient (Wildman–Crippen LogP) is 5.06. The molecule has 3 amide bonds. The number of carbonyl (C=O) groups excluding carboxylic acids is 2. The molecule has 2 aromatic rings. The minimum absolute atomic E-state index is 0.00171. The molecule has 2 aromatic carbocycles. The van der Waals surface area contributed by atoms with E-state index in [1.807, 2.05) is 47.9 Å². The number of rotatable bonds is 3. The van der Waals surface area contributed by atoms with Gasteiger partial charge in [0.1, 0.15) is 11.9 Å². The second kappa shape index (κ2) is 9.23. The van der Waals surface area contributed by atoms with Crippen LogP contribution in [0.25, 0.3) is 0 Å². The summed E-state index contributed by atoms with van der Waals surface area (Å²) >= 11 is 0. The molecule has 1 atom stereocenters. The summed E-state index contributed by atoms with van der Waals surface area (Å²) in [7, 11) is 0. The summed E-state index contributed by atoms with van der Waals surface area (Å²) in [4.78, 5) is 30.0. The van der Waals surface area contributed by atoms with E-state index in [4.69, 9.17) is 4.74 Å². The number of hydrogen-bond donors (Lipinski definition) is 1. The number of aryl methyl sites for hydroxylation is 3. The topological polar surface area (TPSA) is 61.9 Å². The van der Waals surface area contributed by atoms with Crippen molar-refractivity contribution in [2.75, 3.05) is 29.9 Å². The maximum Gasteiger partial charge on any atom is 0.324 e. The minimum atomic E-state index is -0.0838. The quantitative estimate of drug-likeness (QED) is 0.733. The number of nitrogens with zero attached hydrogens (tertiary/aromatic N) is 2. The fraction of sp³-hybridized carbons (Fsp3) is 0.462. The summed E-state index contributed by atoms with van der Waals surface area (Å²) in [5.74, 6) is 0.728. The van der Waals surface area contributed by atoms with Gasteiger partial charge in [0.15, 0.2) is 0 Å². The normalized spacial score (nSPS) is 18.7. The van der Waals surface area contributed by atoms with Gasteiger partial charge in [0, 0.05) is 24.7 Å². The average Bonchev–Trinajstić information content (AvgIpc) is 2.80. The van der Waals surface area contributed by atoms with Crippen LogP contribution in [0.5, 0.6) is 5.75 Å². The molecule has 1 saturated heterocycles. The van der Waals surface area contributed by atoms with Crippen LogP contribution in [0, 0.1) is 26.7 Å². The third-order valence-corrected chi connectivity index (χ3v) is 6.58. The molecule has 4 rings (SSSR count). The van der Waals surface area contributed by atoms with Crippen LogP contribution in [-0.4, -0.2) is 42.6 Å². The molecule has 0 spiro atoms. The monoisotopic (exact) mass is 435 g/mol. The van der Waals surface area contributed by atoms with Crippen molar-refractivity contribution < 1.29 is 14.3 Å². The zero-order valence-corrected chi connectivity index (χ0v) is 19.5. The van der Waals surface area contributed by atoms with Crippen molar-refractivity contribution in [3.8, 4) is 5.75 Å². The molecular formula is C26H33N3O3. The molecule has 6 nitrogen and oxygen atoms in total. The van der Waals surface area contributed by atoms with Crippen LogP contribution < -0.4 is 15.0 Å². The van der Waals surface area contributed by atoms with Crippen molar-refractivity contribution in [3.05, 3.63) is 53.1 Å². The smallest absolute Gasteiger partial charge is 0.324 e. The third-order valence-electron chi connectivity index (χ3n) is 6.58. The lowest BCUT2D eigenvalue weighted by molar-refractivity contribution is -0.121. The van der Waals surface area contributed by atoms with E-state index >= 15 is 0 Å². The van der Waals surface area contributed by atoms with Crippen molar-refractivity contribution in [1.82, 2.24) is 4.90 Å². The Morgan fingerprint density at radius 2 is 1.72 bits per heavy atom. The number of ether oxygens (including phenoxy) is 1. The second-order valence-corrected chi connectivity index (χ2v) is 9.03. The van der Waals surface area contributed by atoms with Gasteiger partial charge in [-0.05, 0) is 63.3 Å². The summed E-state index contributed by atoms with van der Waals surface area (Å²) in [5.41, 5.74) is 5.10. The van der Waals surface area contributed by atoms with Gasteiger partial charge < -0.3 is 15.0 Å². The SMILES string of the molecule is CCC1CN(C(=O)N2CCC(C(=O)Nc3c(C)cc(C)cc3C)CC2)c2ccccc2O1. The van der Waals surface area contributed by atoms with Gasteiger partial charge in [-0.2, -0.15) is 0 Å². The number of benzene rings is 2. The van der Waals surface area contributed by atoms with E-state index in [1.54, 1.807) is 0 Å². The molecular weight excluding hydrogens is 402 g/mol. The molecule has 2 heterocycles. The van der Waals surface area contributed by atoms with Crippen LogP contribution in [0.1, 0.15) is 42.9 Å². The van der Waals surface area contributed by atoms with E-state index in [0.717, 1.165) is 34.7 Å². The number of likely N-dealkylation sites (tertiary alicyclic amines) is 1. The van der Waals surface area contributed by atoms with E-state index in [1.165, 1.54) is 5.56 Å². The van der Waals surface area contributed by atoms with Gasteiger partial charge in [0.05, 0.1) is 12.2 Å². The van der Waals surface area contributed by atoms with Gasteiger partial charge in [-0.3, -0.25) is 9.69 Å². The Hall–Kier alpha value is -3.02. The zero-order chi connectivity index (χ0) is 22.8. The Kier molecular flexibility index (Phi) is 6.40. The Labute approximate surface area is 190 Å². The summed E-state index contributed by atoms with van der Waals surface area (Å²) in [6.45, 7) is 9.91. The van der Waals surface area contributed by atoms with E-state index < -0.39 is 0 Å². The lowest BCUT2D eigenvalue weighted by atomic mass is 9.95. The van der Waals surface area contributed by atoms with Crippen molar-refractivity contribution in [3.63, 3.8) is 0 Å². The number of piperidine rings is 1. The molecule has 170 valence electrons. The highest BCUT2D eigenvalue weighted by molar-refractivity contribution is 5.96. The largest absolute Gasteiger partial charge is 0.486 e. The van der Waals surface area contributed by atoms with Gasteiger partial charge in [-0.25, -0.2) is 4.79 Å². The fourth-order valence-electron chi connectivity index (χ4n) is 4.80. The van der Waals surface area contributed by atoms with E-state index in [9.17, 15) is 9.59 Å². The molecule has 0 aromatic heterocycles. The highest BCUT2D eigenvalue weighted by atomic mass is 16.5. The molecule has 1 N–H and O–H groups in total. The number of fused-ring (bicyclic) bond motifs is 1. The molecule has 2 aliphatic heterocycles. The molecule has 0 radical (unpaired) electrons. The number of anilines is 2. The second-order valence-electron chi connectivity index (χ2n) is 9.03. The maximum absolute atomic E-state index is 13.4. The van der Waals surface area contributed by atoms with Gasteiger partial charge in [-0.1, -0.05) is 36.8 Å². The Morgan fingerprint density at radius 1 is 1.06 bits per heavy atom. The molecule has 1 fully saturated rings. The minimum Gasteiger partial charge on any atom is -0.486 e.